The number of amides is 2. The van der Waals surface area contributed by atoms with Crippen LogP contribution in [-0.2, 0) is 0 Å². The van der Waals surface area contributed by atoms with E-state index < -0.39 is 0 Å². The van der Waals surface area contributed by atoms with Gasteiger partial charge in [0.1, 0.15) is 0 Å². The Morgan fingerprint density at radius 1 is 1.25 bits per heavy atom. The number of rotatable bonds is 5. The van der Waals surface area contributed by atoms with E-state index in [9.17, 15) is 4.79 Å². The average molecular weight is 283 g/mol. The van der Waals surface area contributed by atoms with Crippen LogP contribution in [0.5, 0.6) is 0 Å². The fraction of sp³-hybridized carbons (Fsp3) is 0.933. The summed E-state index contributed by atoms with van der Waals surface area (Å²) in [5.74, 6) is 0. The maximum absolute atomic E-state index is 11.8. The molecule has 1 atom stereocenters. The van der Waals surface area contributed by atoms with Crippen molar-refractivity contribution in [3.63, 3.8) is 0 Å². The lowest BCUT2D eigenvalue weighted by atomic mass is 10.0. The van der Waals surface area contributed by atoms with Crippen LogP contribution in [0.15, 0.2) is 0 Å². The maximum Gasteiger partial charge on any atom is 0.315 e. The summed E-state index contributed by atoms with van der Waals surface area (Å²) in [6.07, 6.45) is 8.31. The molecule has 1 unspecified atom stereocenters. The summed E-state index contributed by atoms with van der Waals surface area (Å²) in [6, 6.07) is 0.811. The van der Waals surface area contributed by atoms with Crippen molar-refractivity contribution in [1.29, 1.82) is 0 Å². The summed E-state index contributed by atoms with van der Waals surface area (Å²) in [5, 5.41) is 14.9. The fourth-order valence-electron chi connectivity index (χ4n) is 3.37. The second-order valence-corrected chi connectivity index (χ2v) is 6.15. The molecule has 0 aromatic carbocycles. The van der Waals surface area contributed by atoms with Crippen molar-refractivity contribution < 1.29 is 9.90 Å². The minimum Gasteiger partial charge on any atom is -0.394 e. The van der Waals surface area contributed by atoms with E-state index in [1.807, 2.05) is 6.92 Å². The fourth-order valence-corrected chi connectivity index (χ4v) is 3.37. The Bertz CT molecular complexity index is 293. The third-order valence-corrected chi connectivity index (χ3v) is 4.75. The molecule has 2 aliphatic rings. The van der Waals surface area contributed by atoms with Gasteiger partial charge < -0.3 is 20.6 Å². The van der Waals surface area contributed by atoms with E-state index in [0.717, 1.165) is 38.4 Å². The number of aliphatic hydroxyl groups excluding tert-OH is 1. The number of piperidine rings is 1. The number of likely N-dealkylation sites (tertiary alicyclic amines) is 1. The van der Waals surface area contributed by atoms with E-state index in [2.05, 4.69) is 15.5 Å². The lowest BCUT2D eigenvalue weighted by molar-refractivity contribution is 0.144. The molecule has 5 nitrogen and oxygen atoms in total. The van der Waals surface area contributed by atoms with Gasteiger partial charge in [-0.25, -0.2) is 4.79 Å². The zero-order valence-electron chi connectivity index (χ0n) is 12.6. The molecule has 0 aromatic rings. The second kappa shape index (κ2) is 7.84. The van der Waals surface area contributed by atoms with Gasteiger partial charge in [-0.1, -0.05) is 19.8 Å². The van der Waals surface area contributed by atoms with E-state index in [0.29, 0.717) is 0 Å². The van der Waals surface area contributed by atoms with E-state index in [-0.39, 0.29) is 24.7 Å². The van der Waals surface area contributed by atoms with Crippen LogP contribution in [0.3, 0.4) is 0 Å². The Kier molecular flexibility index (Phi) is 6.10. The zero-order chi connectivity index (χ0) is 14.4. The molecule has 0 radical (unpaired) electrons. The predicted molar refractivity (Wildman–Crippen MR) is 79.7 cm³/mol. The monoisotopic (exact) mass is 283 g/mol. The normalized spacial score (nSPS) is 23.7. The molecule has 1 saturated carbocycles. The number of nitrogens with one attached hydrogen (secondary N) is 2. The van der Waals surface area contributed by atoms with Crippen molar-refractivity contribution in [3.8, 4) is 0 Å². The van der Waals surface area contributed by atoms with Crippen LogP contribution in [0.1, 0.15) is 51.9 Å². The smallest absolute Gasteiger partial charge is 0.315 e. The number of aliphatic hydroxyl groups is 1. The molecule has 1 saturated heterocycles. The maximum atomic E-state index is 11.8. The Balaban J connectivity index is 1.67. The molecule has 2 fully saturated rings. The van der Waals surface area contributed by atoms with Crippen LogP contribution in [0.2, 0.25) is 0 Å². The van der Waals surface area contributed by atoms with Crippen LogP contribution >= 0.6 is 0 Å². The number of hydrogen-bond donors (Lipinski definition) is 3. The van der Waals surface area contributed by atoms with Gasteiger partial charge in [0.2, 0.25) is 0 Å². The van der Waals surface area contributed by atoms with E-state index in [4.69, 9.17) is 5.11 Å². The Hall–Kier alpha value is -0.810. The summed E-state index contributed by atoms with van der Waals surface area (Å²) in [7, 11) is 0. The standard InChI is InChI=1S/C15H29N3O2/c1-2-12(11-19)16-15(20)17-13-7-9-18(10-8-13)14-5-3-4-6-14/h12-14,19H,2-11H2,1H3,(H2,16,17,20). The van der Waals surface area contributed by atoms with Crippen LogP contribution in [0.4, 0.5) is 4.79 Å². The SMILES string of the molecule is CCC(CO)NC(=O)NC1CCN(C2CCCC2)CC1. The topological polar surface area (TPSA) is 64.6 Å². The van der Waals surface area contributed by atoms with Gasteiger partial charge >= 0.3 is 6.03 Å². The highest BCUT2D eigenvalue weighted by Gasteiger charge is 2.27. The van der Waals surface area contributed by atoms with Gasteiger partial charge in [0, 0.05) is 25.2 Å². The van der Waals surface area contributed by atoms with Gasteiger partial charge in [-0.2, -0.15) is 0 Å². The highest BCUT2D eigenvalue weighted by molar-refractivity contribution is 5.74. The average Bonchev–Trinajstić information content (AvgIpc) is 2.99. The van der Waals surface area contributed by atoms with Crippen LogP contribution < -0.4 is 10.6 Å². The third-order valence-electron chi connectivity index (χ3n) is 4.75. The summed E-state index contributed by atoms with van der Waals surface area (Å²) < 4.78 is 0. The molecule has 3 N–H and O–H groups in total. The van der Waals surface area contributed by atoms with Gasteiger partial charge in [-0.15, -0.1) is 0 Å². The first-order valence-electron chi connectivity index (χ1n) is 8.14. The first kappa shape index (κ1) is 15.6. The molecule has 0 aromatic heterocycles. The number of urea groups is 1. The zero-order valence-corrected chi connectivity index (χ0v) is 12.6. The largest absolute Gasteiger partial charge is 0.394 e. The Morgan fingerprint density at radius 3 is 2.45 bits per heavy atom. The van der Waals surface area contributed by atoms with Gasteiger partial charge in [-0.05, 0) is 32.1 Å². The molecule has 2 rings (SSSR count). The van der Waals surface area contributed by atoms with Crippen molar-refractivity contribution in [3.05, 3.63) is 0 Å². The summed E-state index contributed by atoms with van der Waals surface area (Å²) in [5.41, 5.74) is 0. The van der Waals surface area contributed by atoms with Crippen LogP contribution in [-0.4, -0.2) is 53.9 Å². The molecule has 20 heavy (non-hydrogen) atoms. The molecule has 116 valence electrons. The summed E-state index contributed by atoms with van der Waals surface area (Å²) in [6.45, 7) is 4.17. The van der Waals surface area contributed by atoms with Crippen molar-refractivity contribution in [2.75, 3.05) is 19.7 Å². The number of carbonyl (C=O) groups is 1. The lowest BCUT2D eigenvalue weighted by Gasteiger charge is -2.36. The second-order valence-electron chi connectivity index (χ2n) is 6.15. The summed E-state index contributed by atoms with van der Waals surface area (Å²) in [4.78, 5) is 14.4. The molecule has 1 aliphatic heterocycles. The molecule has 0 spiro atoms. The quantitative estimate of drug-likeness (QED) is 0.716. The molecular weight excluding hydrogens is 254 g/mol. The molecular formula is C15H29N3O2. The van der Waals surface area contributed by atoms with Gasteiger partial charge in [0.15, 0.2) is 0 Å². The van der Waals surface area contributed by atoms with E-state index in [1.54, 1.807) is 0 Å². The number of carbonyl (C=O) groups excluding carboxylic acids is 1. The first-order valence-corrected chi connectivity index (χ1v) is 8.14. The molecule has 1 heterocycles. The van der Waals surface area contributed by atoms with Crippen molar-refractivity contribution in [2.45, 2.75) is 70.0 Å². The van der Waals surface area contributed by atoms with Gasteiger partial charge in [-0.3, -0.25) is 0 Å². The summed E-state index contributed by atoms with van der Waals surface area (Å²) >= 11 is 0. The third kappa shape index (κ3) is 4.35. The molecule has 5 heteroatoms. The Labute approximate surface area is 122 Å². The van der Waals surface area contributed by atoms with Gasteiger partial charge in [0.25, 0.3) is 0 Å². The van der Waals surface area contributed by atoms with Crippen molar-refractivity contribution in [2.24, 2.45) is 0 Å². The van der Waals surface area contributed by atoms with Gasteiger partial charge in [0.05, 0.1) is 12.6 Å². The Morgan fingerprint density at radius 2 is 1.90 bits per heavy atom. The van der Waals surface area contributed by atoms with Crippen LogP contribution in [0.25, 0.3) is 0 Å². The minimum atomic E-state index is -0.134. The number of nitrogens with zero attached hydrogens (tertiary/aromatic N) is 1. The van der Waals surface area contributed by atoms with Crippen LogP contribution in [0, 0.1) is 0 Å². The highest BCUT2D eigenvalue weighted by Crippen LogP contribution is 2.26. The molecule has 2 amide bonds. The highest BCUT2D eigenvalue weighted by atomic mass is 16.3. The minimum absolute atomic E-state index is 0.00401. The lowest BCUT2D eigenvalue weighted by Crippen LogP contribution is -2.51. The van der Waals surface area contributed by atoms with E-state index in [1.165, 1.54) is 25.7 Å². The first-order chi connectivity index (χ1) is 9.72. The van der Waals surface area contributed by atoms with E-state index >= 15 is 0 Å². The molecule has 1 aliphatic carbocycles. The molecule has 0 bridgehead atoms. The van der Waals surface area contributed by atoms with Crippen molar-refractivity contribution in [1.82, 2.24) is 15.5 Å². The number of hydrogen-bond acceptors (Lipinski definition) is 3. The predicted octanol–water partition coefficient (Wildman–Crippen LogP) is 1.46. The van der Waals surface area contributed by atoms with Crippen molar-refractivity contribution >= 4 is 6.03 Å².